The second-order valence-corrected chi connectivity index (χ2v) is 5.05. The van der Waals surface area contributed by atoms with Crippen molar-refractivity contribution < 1.29 is 0 Å². The van der Waals surface area contributed by atoms with Gasteiger partial charge in [0.1, 0.15) is 0 Å². The maximum atomic E-state index is 4.21. The number of guanidine groups is 1. The number of benzene rings is 1. The highest BCUT2D eigenvalue weighted by molar-refractivity contribution is 5.79. The molecular weight excluding hydrogens is 234 g/mol. The Labute approximate surface area is 117 Å². The van der Waals surface area contributed by atoms with E-state index in [2.05, 4.69) is 55.5 Å². The van der Waals surface area contributed by atoms with Crippen molar-refractivity contribution in [1.82, 2.24) is 10.6 Å². The average molecular weight is 261 g/mol. The summed E-state index contributed by atoms with van der Waals surface area (Å²) in [7, 11) is 1.81. The Morgan fingerprint density at radius 2 is 1.63 bits per heavy atom. The maximum absolute atomic E-state index is 4.21. The minimum absolute atomic E-state index is 0.893. The summed E-state index contributed by atoms with van der Waals surface area (Å²) in [4.78, 5) is 4.21. The van der Waals surface area contributed by atoms with E-state index in [-0.39, 0.29) is 0 Å². The lowest BCUT2D eigenvalue weighted by atomic mass is 9.97. The van der Waals surface area contributed by atoms with E-state index in [0.717, 1.165) is 31.9 Å². The largest absolute Gasteiger partial charge is 0.356 e. The Hall–Kier alpha value is -1.51. The van der Waals surface area contributed by atoms with Gasteiger partial charge in [0.05, 0.1) is 0 Å². The monoisotopic (exact) mass is 261 g/mol. The second kappa shape index (κ2) is 7.82. The Kier molecular flexibility index (Phi) is 6.40. The van der Waals surface area contributed by atoms with E-state index >= 15 is 0 Å². The molecule has 0 spiro atoms. The fourth-order valence-electron chi connectivity index (χ4n) is 2.37. The summed E-state index contributed by atoms with van der Waals surface area (Å²) < 4.78 is 0. The molecule has 0 atom stereocenters. The van der Waals surface area contributed by atoms with Gasteiger partial charge in [0.25, 0.3) is 0 Å². The molecule has 0 aliphatic rings. The van der Waals surface area contributed by atoms with Crippen molar-refractivity contribution in [3.63, 3.8) is 0 Å². The Morgan fingerprint density at radius 1 is 1.05 bits per heavy atom. The first-order valence-electron chi connectivity index (χ1n) is 7.09. The molecule has 0 radical (unpaired) electrons. The van der Waals surface area contributed by atoms with Crippen LogP contribution in [-0.2, 0) is 6.42 Å². The van der Waals surface area contributed by atoms with Gasteiger partial charge in [-0.15, -0.1) is 0 Å². The van der Waals surface area contributed by atoms with E-state index in [9.17, 15) is 0 Å². The van der Waals surface area contributed by atoms with Gasteiger partial charge >= 0.3 is 0 Å². The fourth-order valence-corrected chi connectivity index (χ4v) is 2.37. The lowest BCUT2D eigenvalue weighted by Crippen LogP contribution is -2.38. The maximum Gasteiger partial charge on any atom is 0.190 e. The van der Waals surface area contributed by atoms with Crippen molar-refractivity contribution in [1.29, 1.82) is 0 Å². The molecule has 0 bridgehead atoms. The number of hydrogen-bond acceptors (Lipinski definition) is 1. The van der Waals surface area contributed by atoms with Gasteiger partial charge in [-0.05, 0) is 50.3 Å². The minimum Gasteiger partial charge on any atom is -0.356 e. The van der Waals surface area contributed by atoms with Crippen molar-refractivity contribution in [2.45, 2.75) is 40.5 Å². The molecular formula is C16H27N3. The summed E-state index contributed by atoms with van der Waals surface area (Å²) in [6.45, 7) is 10.6. The van der Waals surface area contributed by atoms with Crippen LogP contribution in [0.5, 0.6) is 0 Å². The van der Waals surface area contributed by atoms with Gasteiger partial charge in [0, 0.05) is 20.1 Å². The lowest BCUT2D eigenvalue weighted by Gasteiger charge is -2.14. The molecule has 0 fully saturated rings. The number of hydrogen-bond donors (Lipinski definition) is 2. The topological polar surface area (TPSA) is 36.4 Å². The molecule has 1 rings (SSSR count). The van der Waals surface area contributed by atoms with Gasteiger partial charge < -0.3 is 10.6 Å². The van der Waals surface area contributed by atoms with Crippen molar-refractivity contribution in [2.24, 2.45) is 4.99 Å². The zero-order valence-corrected chi connectivity index (χ0v) is 12.9. The highest BCUT2D eigenvalue weighted by Crippen LogP contribution is 2.16. The summed E-state index contributed by atoms with van der Waals surface area (Å²) in [6.07, 6.45) is 2.14. The molecule has 1 aromatic carbocycles. The predicted octanol–water partition coefficient (Wildman–Crippen LogP) is 2.73. The third kappa shape index (κ3) is 4.93. The van der Waals surface area contributed by atoms with E-state index in [1.807, 2.05) is 7.05 Å². The molecule has 0 amide bonds. The molecule has 0 aliphatic carbocycles. The highest BCUT2D eigenvalue weighted by atomic mass is 15.2. The summed E-state index contributed by atoms with van der Waals surface area (Å²) in [5, 5.41) is 6.64. The predicted molar refractivity (Wildman–Crippen MR) is 84.0 cm³/mol. The molecule has 19 heavy (non-hydrogen) atoms. The van der Waals surface area contributed by atoms with Crippen LogP contribution < -0.4 is 10.6 Å². The van der Waals surface area contributed by atoms with Crippen molar-refractivity contribution in [3.05, 3.63) is 34.4 Å². The molecule has 0 unspecified atom stereocenters. The normalized spacial score (nSPS) is 11.5. The molecule has 1 aromatic rings. The molecule has 2 N–H and O–H groups in total. The molecule has 0 aromatic heterocycles. The van der Waals surface area contributed by atoms with Gasteiger partial charge in [0.2, 0.25) is 0 Å². The van der Waals surface area contributed by atoms with Gasteiger partial charge in [-0.2, -0.15) is 0 Å². The van der Waals surface area contributed by atoms with Crippen molar-refractivity contribution in [2.75, 3.05) is 20.1 Å². The summed E-state index contributed by atoms with van der Waals surface area (Å²) in [6, 6.07) is 4.51. The minimum atomic E-state index is 0.893. The first-order valence-corrected chi connectivity index (χ1v) is 7.09. The summed E-state index contributed by atoms with van der Waals surface area (Å²) in [5.41, 5.74) is 5.56. The average Bonchev–Trinajstić information content (AvgIpc) is 2.36. The van der Waals surface area contributed by atoms with Gasteiger partial charge in [-0.1, -0.05) is 24.6 Å². The van der Waals surface area contributed by atoms with Crippen LogP contribution in [0.15, 0.2) is 17.1 Å². The first kappa shape index (κ1) is 15.5. The molecule has 106 valence electrons. The molecule has 0 saturated heterocycles. The van der Waals surface area contributed by atoms with E-state index in [1.54, 1.807) is 0 Å². The van der Waals surface area contributed by atoms with E-state index in [0.29, 0.717) is 0 Å². The Morgan fingerprint density at radius 3 is 2.16 bits per heavy atom. The number of nitrogens with zero attached hydrogens (tertiary/aromatic N) is 1. The smallest absolute Gasteiger partial charge is 0.190 e. The van der Waals surface area contributed by atoms with Crippen LogP contribution in [0.25, 0.3) is 0 Å². The SMILES string of the molecule is CCCNC(=NC)NCCc1c(C)cc(C)cc1C. The quantitative estimate of drug-likeness (QED) is 0.631. The van der Waals surface area contributed by atoms with Crippen LogP contribution in [0.2, 0.25) is 0 Å². The van der Waals surface area contributed by atoms with Crippen LogP contribution in [-0.4, -0.2) is 26.1 Å². The number of nitrogens with one attached hydrogen (secondary N) is 2. The highest BCUT2D eigenvalue weighted by Gasteiger charge is 2.04. The van der Waals surface area contributed by atoms with Crippen LogP contribution in [0.3, 0.4) is 0 Å². The fraction of sp³-hybridized carbons (Fsp3) is 0.562. The molecule has 0 heterocycles. The molecule has 0 saturated carbocycles. The zero-order chi connectivity index (χ0) is 14.3. The number of aryl methyl sites for hydroxylation is 3. The second-order valence-electron chi connectivity index (χ2n) is 5.05. The number of rotatable bonds is 5. The van der Waals surface area contributed by atoms with Gasteiger partial charge in [0.15, 0.2) is 5.96 Å². The molecule has 0 aliphatic heterocycles. The first-order chi connectivity index (χ1) is 9.08. The summed E-state index contributed by atoms with van der Waals surface area (Å²) in [5.74, 6) is 0.893. The van der Waals surface area contributed by atoms with Crippen molar-refractivity contribution >= 4 is 5.96 Å². The molecule has 3 heteroatoms. The number of aliphatic imine (C=N–C) groups is 1. The van der Waals surface area contributed by atoms with Gasteiger partial charge in [-0.3, -0.25) is 4.99 Å². The third-order valence-corrected chi connectivity index (χ3v) is 3.27. The standard InChI is InChI=1S/C16H27N3/c1-6-8-18-16(17-5)19-9-7-15-13(3)10-12(2)11-14(15)4/h10-11H,6-9H2,1-5H3,(H2,17,18,19). The van der Waals surface area contributed by atoms with Crippen LogP contribution >= 0.6 is 0 Å². The Balaban J connectivity index is 2.53. The van der Waals surface area contributed by atoms with Crippen LogP contribution in [0, 0.1) is 20.8 Å². The van der Waals surface area contributed by atoms with E-state index in [4.69, 9.17) is 0 Å². The third-order valence-electron chi connectivity index (χ3n) is 3.27. The molecule has 3 nitrogen and oxygen atoms in total. The van der Waals surface area contributed by atoms with Crippen LogP contribution in [0.4, 0.5) is 0 Å². The van der Waals surface area contributed by atoms with E-state index < -0.39 is 0 Å². The zero-order valence-electron chi connectivity index (χ0n) is 12.9. The van der Waals surface area contributed by atoms with Crippen molar-refractivity contribution in [3.8, 4) is 0 Å². The lowest BCUT2D eigenvalue weighted by molar-refractivity contribution is 0.771. The van der Waals surface area contributed by atoms with Crippen LogP contribution in [0.1, 0.15) is 35.6 Å². The van der Waals surface area contributed by atoms with Gasteiger partial charge in [-0.25, -0.2) is 0 Å². The van der Waals surface area contributed by atoms with E-state index in [1.165, 1.54) is 22.3 Å². The Bertz CT molecular complexity index is 413. The summed E-state index contributed by atoms with van der Waals surface area (Å²) >= 11 is 0.